The van der Waals surface area contributed by atoms with Crippen LogP contribution in [0, 0.1) is 12.8 Å². The standard InChI is InChI=1S/C13H23N5O/c1-3-18-13(12(15)9(2)16-18)17-6-4-10(5-7-17)8-11(14)19/h10H,3-8,15H2,1-2H3,(H2,14,19). The second-order valence-corrected chi connectivity index (χ2v) is 5.24. The lowest BCUT2D eigenvalue weighted by Gasteiger charge is -2.33. The number of hydrogen-bond donors (Lipinski definition) is 2. The molecule has 0 bridgehead atoms. The average molecular weight is 265 g/mol. The second-order valence-electron chi connectivity index (χ2n) is 5.24. The van der Waals surface area contributed by atoms with Crippen molar-refractivity contribution in [2.45, 2.75) is 39.7 Å². The number of primary amides is 1. The number of aromatic nitrogens is 2. The summed E-state index contributed by atoms with van der Waals surface area (Å²) in [5.41, 5.74) is 13.0. The monoisotopic (exact) mass is 265 g/mol. The van der Waals surface area contributed by atoms with Crippen molar-refractivity contribution < 1.29 is 4.79 Å². The number of rotatable bonds is 4. The van der Waals surface area contributed by atoms with Crippen molar-refractivity contribution in [3.8, 4) is 0 Å². The maximum atomic E-state index is 11.0. The zero-order valence-electron chi connectivity index (χ0n) is 11.7. The Kier molecular flexibility index (Phi) is 3.97. The number of nitrogens with zero attached hydrogens (tertiary/aromatic N) is 3. The van der Waals surface area contributed by atoms with Crippen LogP contribution in [-0.4, -0.2) is 28.8 Å². The SMILES string of the molecule is CCn1nc(C)c(N)c1N1CCC(CC(N)=O)CC1. The summed E-state index contributed by atoms with van der Waals surface area (Å²) in [4.78, 5) is 13.2. The minimum Gasteiger partial charge on any atom is -0.394 e. The highest BCUT2D eigenvalue weighted by Crippen LogP contribution is 2.31. The maximum absolute atomic E-state index is 11.0. The van der Waals surface area contributed by atoms with E-state index < -0.39 is 0 Å². The molecule has 106 valence electrons. The van der Waals surface area contributed by atoms with E-state index in [4.69, 9.17) is 11.5 Å². The van der Waals surface area contributed by atoms with Gasteiger partial charge in [0.2, 0.25) is 5.91 Å². The molecule has 0 atom stereocenters. The van der Waals surface area contributed by atoms with Crippen LogP contribution >= 0.6 is 0 Å². The molecule has 0 aliphatic carbocycles. The van der Waals surface area contributed by atoms with Gasteiger partial charge < -0.3 is 16.4 Å². The number of anilines is 2. The van der Waals surface area contributed by atoms with Crippen molar-refractivity contribution in [1.29, 1.82) is 0 Å². The lowest BCUT2D eigenvalue weighted by molar-refractivity contribution is -0.119. The zero-order valence-corrected chi connectivity index (χ0v) is 11.7. The molecule has 1 aliphatic heterocycles. The summed E-state index contributed by atoms with van der Waals surface area (Å²) in [6, 6.07) is 0. The molecule has 0 spiro atoms. The maximum Gasteiger partial charge on any atom is 0.217 e. The van der Waals surface area contributed by atoms with Gasteiger partial charge in [0.15, 0.2) is 5.82 Å². The summed E-state index contributed by atoms with van der Waals surface area (Å²) >= 11 is 0. The lowest BCUT2D eigenvalue weighted by atomic mass is 9.93. The number of piperidine rings is 1. The molecule has 2 heterocycles. The summed E-state index contributed by atoms with van der Waals surface area (Å²) in [5, 5.41) is 4.45. The van der Waals surface area contributed by atoms with Gasteiger partial charge in [-0.05, 0) is 32.6 Å². The predicted octanol–water partition coefficient (Wildman–Crippen LogP) is 0.885. The van der Waals surface area contributed by atoms with Gasteiger partial charge in [0, 0.05) is 26.1 Å². The van der Waals surface area contributed by atoms with Crippen molar-refractivity contribution in [2.24, 2.45) is 11.7 Å². The number of carbonyl (C=O) groups excluding carboxylic acids is 1. The first-order valence-corrected chi connectivity index (χ1v) is 6.89. The molecule has 4 N–H and O–H groups in total. The van der Waals surface area contributed by atoms with Gasteiger partial charge in [0.25, 0.3) is 0 Å². The minimum atomic E-state index is -0.201. The van der Waals surface area contributed by atoms with E-state index in [2.05, 4.69) is 16.9 Å². The van der Waals surface area contributed by atoms with Crippen LogP contribution in [0.5, 0.6) is 0 Å². The summed E-state index contributed by atoms with van der Waals surface area (Å²) in [6.45, 7) is 6.63. The van der Waals surface area contributed by atoms with E-state index in [1.807, 2.05) is 11.6 Å². The largest absolute Gasteiger partial charge is 0.394 e. The molecule has 1 aromatic rings. The van der Waals surface area contributed by atoms with Gasteiger partial charge in [-0.2, -0.15) is 5.10 Å². The Labute approximate surface area is 113 Å². The van der Waals surface area contributed by atoms with E-state index >= 15 is 0 Å². The van der Waals surface area contributed by atoms with Gasteiger partial charge in [-0.25, -0.2) is 4.68 Å². The fourth-order valence-electron chi connectivity index (χ4n) is 2.77. The summed E-state index contributed by atoms with van der Waals surface area (Å²) in [5.74, 6) is 1.24. The molecule has 1 saturated heterocycles. The van der Waals surface area contributed by atoms with Crippen LogP contribution in [-0.2, 0) is 11.3 Å². The lowest BCUT2D eigenvalue weighted by Crippen LogP contribution is -2.36. The molecule has 0 unspecified atom stereocenters. The molecule has 0 aromatic carbocycles. The van der Waals surface area contributed by atoms with E-state index in [1.54, 1.807) is 0 Å². The molecule has 6 heteroatoms. The number of carbonyl (C=O) groups is 1. The van der Waals surface area contributed by atoms with Gasteiger partial charge >= 0.3 is 0 Å². The van der Waals surface area contributed by atoms with Crippen LogP contribution in [0.2, 0.25) is 0 Å². The Bertz CT molecular complexity index is 460. The zero-order chi connectivity index (χ0) is 14.0. The molecule has 6 nitrogen and oxygen atoms in total. The Morgan fingerprint density at radius 1 is 1.42 bits per heavy atom. The van der Waals surface area contributed by atoms with E-state index in [0.717, 1.165) is 49.7 Å². The highest BCUT2D eigenvalue weighted by atomic mass is 16.1. The van der Waals surface area contributed by atoms with E-state index in [-0.39, 0.29) is 5.91 Å². The Hall–Kier alpha value is -1.72. The first-order chi connectivity index (χ1) is 9.02. The smallest absolute Gasteiger partial charge is 0.217 e. The number of nitrogens with two attached hydrogens (primary N) is 2. The number of nitrogen functional groups attached to an aromatic ring is 1. The Balaban J connectivity index is 2.07. The average Bonchev–Trinajstić information content (AvgIpc) is 2.66. The van der Waals surface area contributed by atoms with Crippen molar-refractivity contribution in [1.82, 2.24) is 9.78 Å². The number of aryl methyl sites for hydroxylation is 2. The normalized spacial score (nSPS) is 16.8. The van der Waals surface area contributed by atoms with Gasteiger partial charge in [0.1, 0.15) is 0 Å². The van der Waals surface area contributed by atoms with Crippen molar-refractivity contribution in [3.63, 3.8) is 0 Å². The summed E-state index contributed by atoms with van der Waals surface area (Å²) in [7, 11) is 0. The van der Waals surface area contributed by atoms with E-state index in [0.29, 0.717) is 12.3 Å². The summed E-state index contributed by atoms with van der Waals surface area (Å²) < 4.78 is 1.96. The highest BCUT2D eigenvalue weighted by molar-refractivity contribution is 5.74. The molecule has 1 aliphatic rings. The molecule has 19 heavy (non-hydrogen) atoms. The fourth-order valence-corrected chi connectivity index (χ4v) is 2.77. The van der Waals surface area contributed by atoms with Crippen LogP contribution in [0.25, 0.3) is 0 Å². The topological polar surface area (TPSA) is 90.2 Å². The van der Waals surface area contributed by atoms with Gasteiger partial charge in [-0.3, -0.25) is 4.79 Å². The quantitative estimate of drug-likeness (QED) is 0.845. The number of amides is 1. The molecule has 0 radical (unpaired) electrons. The first-order valence-electron chi connectivity index (χ1n) is 6.89. The number of hydrogen-bond acceptors (Lipinski definition) is 4. The third-order valence-electron chi connectivity index (χ3n) is 3.85. The van der Waals surface area contributed by atoms with E-state index in [9.17, 15) is 4.79 Å². The van der Waals surface area contributed by atoms with Crippen LogP contribution in [0.3, 0.4) is 0 Å². The van der Waals surface area contributed by atoms with Gasteiger partial charge in [-0.15, -0.1) is 0 Å². The van der Waals surface area contributed by atoms with Crippen LogP contribution in [0.4, 0.5) is 11.5 Å². The molecular formula is C13H23N5O. The van der Waals surface area contributed by atoms with Crippen molar-refractivity contribution in [3.05, 3.63) is 5.69 Å². The van der Waals surface area contributed by atoms with Crippen LogP contribution in [0.15, 0.2) is 0 Å². The Morgan fingerprint density at radius 2 is 2.05 bits per heavy atom. The third kappa shape index (κ3) is 2.83. The third-order valence-corrected chi connectivity index (χ3v) is 3.85. The molecule has 1 aromatic heterocycles. The summed E-state index contributed by atoms with van der Waals surface area (Å²) in [6.07, 6.45) is 2.46. The fraction of sp³-hybridized carbons (Fsp3) is 0.692. The van der Waals surface area contributed by atoms with Crippen molar-refractivity contribution >= 4 is 17.4 Å². The second kappa shape index (κ2) is 5.50. The highest BCUT2D eigenvalue weighted by Gasteiger charge is 2.25. The molecule has 2 rings (SSSR count). The molecule has 0 saturated carbocycles. The molecule has 1 amide bonds. The minimum absolute atomic E-state index is 0.201. The van der Waals surface area contributed by atoms with Crippen molar-refractivity contribution in [2.75, 3.05) is 23.7 Å². The Morgan fingerprint density at radius 3 is 2.58 bits per heavy atom. The van der Waals surface area contributed by atoms with Crippen LogP contribution < -0.4 is 16.4 Å². The molecular weight excluding hydrogens is 242 g/mol. The molecule has 1 fully saturated rings. The van der Waals surface area contributed by atoms with Gasteiger partial charge in [0.05, 0.1) is 11.4 Å². The van der Waals surface area contributed by atoms with E-state index in [1.165, 1.54) is 0 Å². The predicted molar refractivity (Wildman–Crippen MR) is 75.8 cm³/mol. The van der Waals surface area contributed by atoms with Gasteiger partial charge in [-0.1, -0.05) is 0 Å². The first kappa shape index (κ1) is 13.7. The van der Waals surface area contributed by atoms with Crippen LogP contribution in [0.1, 0.15) is 31.9 Å².